The van der Waals surface area contributed by atoms with E-state index in [1.165, 1.54) is 0 Å². The Morgan fingerprint density at radius 1 is 1.40 bits per heavy atom. The van der Waals surface area contributed by atoms with Crippen molar-refractivity contribution < 1.29 is 9.59 Å². The van der Waals surface area contributed by atoms with Gasteiger partial charge >= 0.3 is 0 Å². The molecule has 0 aromatic heterocycles. The zero-order valence-electron chi connectivity index (χ0n) is 11.4. The van der Waals surface area contributed by atoms with Crippen molar-refractivity contribution in [3.05, 3.63) is 47.0 Å². The van der Waals surface area contributed by atoms with Crippen LogP contribution >= 0.6 is 15.9 Å². The molecule has 6 heteroatoms. The summed E-state index contributed by atoms with van der Waals surface area (Å²) in [7, 11) is 1.76. The van der Waals surface area contributed by atoms with Crippen molar-refractivity contribution in [1.82, 2.24) is 15.8 Å². The Balaban J connectivity index is 2.39. The quantitative estimate of drug-likeness (QED) is 0.587. The molecule has 0 fully saturated rings. The zero-order valence-corrected chi connectivity index (χ0v) is 12.9. The number of hydrogen-bond acceptors (Lipinski definition) is 3. The number of carbonyl (C=O) groups excluding carboxylic acids is 2. The lowest BCUT2D eigenvalue weighted by Crippen LogP contribution is -2.45. The van der Waals surface area contributed by atoms with Gasteiger partial charge in [0.2, 0.25) is 0 Å². The van der Waals surface area contributed by atoms with E-state index in [2.05, 4.69) is 33.3 Å². The predicted molar refractivity (Wildman–Crippen MR) is 82.1 cm³/mol. The fourth-order valence-electron chi connectivity index (χ4n) is 1.49. The van der Waals surface area contributed by atoms with Crippen molar-refractivity contribution >= 4 is 27.7 Å². The Bertz CT molecular complexity index is 491. The third-order valence-corrected chi connectivity index (χ3v) is 3.20. The van der Waals surface area contributed by atoms with Crippen molar-refractivity contribution in [2.24, 2.45) is 0 Å². The lowest BCUT2D eigenvalue weighted by Gasteiger charge is -2.17. The van der Waals surface area contributed by atoms with E-state index in [-0.39, 0.29) is 18.4 Å². The van der Waals surface area contributed by atoms with E-state index in [1.807, 2.05) is 6.07 Å². The predicted octanol–water partition coefficient (Wildman–Crippen LogP) is 1.72. The largest absolute Gasteiger partial charge is 0.343 e. The lowest BCUT2D eigenvalue weighted by atomic mass is 10.2. The smallest absolute Gasteiger partial charge is 0.253 e. The van der Waals surface area contributed by atoms with Gasteiger partial charge in [0.25, 0.3) is 11.8 Å². The number of amides is 2. The Morgan fingerprint density at radius 2 is 2.10 bits per heavy atom. The van der Waals surface area contributed by atoms with Gasteiger partial charge in [-0.15, -0.1) is 6.58 Å². The highest BCUT2D eigenvalue weighted by Gasteiger charge is 2.11. The van der Waals surface area contributed by atoms with Crippen LogP contribution in [-0.2, 0) is 4.79 Å². The number of nitrogens with one attached hydrogen (secondary N) is 2. The number of halogens is 1. The highest BCUT2D eigenvalue weighted by molar-refractivity contribution is 9.10. The molecule has 20 heavy (non-hydrogen) atoms. The van der Waals surface area contributed by atoms with Crippen LogP contribution in [0.3, 0.4) is 0 Å². The molecule has 5 nitrogen and oxygen atoms in total. The first-order valence-corrected chi connectivity index (χ1v) is 6.98. The first kappa shape index (κ1) is 16.4. The third kappa shape index (κ3) is 5.54. The molecule has 0 unspecified atom stereocenters. The van der Waals surface area contributed by atoms with Crippen LogP contribution in [0, 0.1) is 0 Å². The molecule has 2 N–H and O–H groups in total. The van der Waals surface area contributed by atoms with Crippen molar-refractivity contribution in [3.63, 3.8) is 0 Å². The number of hydrogen-bond donors (Lipinski definition) is 2. The van der Waals surface area contributed by atoms with Crippen LogP contribution in [0.4, 0.5) is 0 Å². The number of hydrazine groups is 1. The van der Waals surface area contributed by atoms with Crippen LogP contribution in [0.15, 0.2) is 41.4 Å². The zero-order chi connectivity index (χ0) is 15.0. The van der Waals surface area contributed by atoms with Gasteiger partial charge in [-0.25, -0.2) is 5.01 Å². The average Bonchev–Trinajstić information content (AvgIpc) is 2.43. The highest BCUT2D eigenvalue weighted by Crippen LogP contribution is 2.15. The summed E-state index contributed by atoms with van der Waals surface area (Å²) in [6.07, 6.45) is 2.55. The minimum Gasteiger partial charge on any atom is -0.343 e. The Labute approximate surface area is 127 Å². The van der Waals surface area contributed by atoms with Crippen LogP contribution in [0.5, 0.6) is 0 Å². The fraction of sp³-hybridized carbons (Fsp3) is 0.286. The summed E-state index contributed by atoms with van der Waals surface area (Å²) < 4.78 is 0.695. The molecule has 0 spiro atoms. The van der Waals surface area contributed by atoms with Gasteiger partial charge in [0.15, 0.2) is 0 Å². The molecule has 2 amide bonds. The molecular weight excluding hydrogens is 322 g/mol. The Kier molecular flexibility index (Phi) is 6.97. The number of rotatable bonds is 7. The molecule has 0 saturated carbocycles. The lowest BCUT2D eigenvalue weighted by molar-refractivity contribution is -0.124. The maximum absolute atomic E-state index is 11.9. The maximum atomic E-state index is 11.9. The molecule has 1 aromatic rings. The second-order valence-corrected chi connectivity index (χ2v) is 5.05. The molecule has 0 aliphatic carbocycles. The summed E-state index contributed by atoms with van der Waals surface area (Å²) in [5, 5.41) is 4.23. The summed E-state index contributed by atoms with van der Waals surface area (Å²) >= 11 is 3.29. The van der Waals surface area contributed by atoms with E-state index < -0.39 is 0 Å². The summed E-state index contributed by atoms with van der Waals surface area (Å²) in [4.78, 5) is 23.5. The number of nitrogens with zero attached hydrogens (tertiary/aromatic N) is 1. The van der Waals surface area contributed by atoms with Crippen LogP contribution in [0.2, 0.25) is 0 Å². The fourth-order valence-corrected chi connectivity index (χ4v) is 1.96. The van der Waals surface area contributed by atoms with Crippen molar-refractivity contribution in [2.75, 3.05) is 20.1 Å². The van der Waals surface area contributed by atoms with Gasteiger partial charge in [0, 0.05) is 18.1 Å². The van der Waals surface area contributed by atoms with E-state index >= 15 is 0 Å². The minimum absolute atomic E-state index is 0.0708. The molecule has 0 atom stereocenters. The van der Waals surface area contributed by atoms with E-state index in [1.54, 1.807) is 36.3 Å². The van der Waals surface area contributed by atoms with Crippen molar-refractivity contribution in [2.45, 2.75) is 6.42 Å². The number of benzene rings is 1. The summed E-state index contributed by atoms with van der Waals surface area (Å²) in [6, 6.07) is 7.05. The van der Waals surface area contributed by atoms with E-state index in [0.29, 0.717) is 16.6 Å². The van der Waals surface area contributed by atoms with Gasteiger partial charge in [-0.05, 0) is 34.5 Å². The van der Waals surface area contributed by atoms with E-state index in [9.17, 15) is 9.59 Å². The van der Waals surface area contributed by atoms with E-state index in [0.717, 1.165) is 6.42 Å². The SMILES string of the molecule is C=CCCN(C)NC(=O)CNC(=O)c1ccccc1Br. The topological polar surface area (TPSA) is 61.4 Å². The summed E-state index contributed by atoms with van der Waals surface area (Å²) in [5.41, 5.74) is 3.16. The number of carbonyl (C=O) groups is 2. The molecule has 0 aliphatic heterocycles. The molecule has 0 aliphatic rings. The monoisotopic (exact) mass is 339 g/mol. The van der Waals surface area contributed by atoms with Gasteiger partial charge in [-0.3, -0.25) is 15.0 Å². The van der Waals surface area contributed by atoms with Gasteiger partial charge in [-0.1, -0.05) is 18.2 Å². The molecule has 108 valence electrons. The van der Waals surface area contributed by atoms with Crippen LogP contribution in [-0.4, -0.2) is 37.0 Å². The van der Waals surface area contributed by atoms with Gasteiger partial charge in [0.1, 0.15) is 0 Å². The standard InChI is InChI=1S/C14H18BrN3O2/c1-3-4-9-18(2)17-13(19)10-16-14(20)11-7-5-6-8-12(11)15/h3,5-8H,1,4,9-10H2,2H3,(H,16,20)(H,17,19). The molecule has 0 radical (unpaired) electrons. The third-order valence-electron chi connectivity index (χ3n) is 2.51. The average molecular weight is 340 g/mol. The Morgan fingerprint density at radius 3 is 2.75 bits per heavy atom. The first-order chi connectivity index (χ1) is 9.54. The Hall–Kier alpha value is -1.66. The molecule has 1 rings (SSSR count). The molecule has 0 heterocycles. The van der Waals surface area contributed by atoms with Crippen LogP contribution in [0.25, 0.3) is 0 Å². The molecule has 0 bridgehead atoms. The summed E-state index contributed by atoms with van der Waals surface area (Å²) in [6.45, 7) is 4.22. The van der Waals surface area contributed by atoms with Crippen molar-refractivity contribution in [1.29, 1.82) is 0 Å². The summed E-state index contributed by atoms with van der Waals surface area (Å²) in [5.74, 6) is -0.557. The molecule has 1 aromatic carbocycles. The van der Waals surface area contributed by atoms with Gasteiger partial charge in [0.05, 0.1) is 12.1 Å². The molecular formula is C14H18BrN3O2. The van der Waals surface area contributed by atoms with Gasteiger partial charge in [-0.2, -0.15) is 0 Å². The van der Waals surface area contributed by atoms with E-state index in [4.69, 9.17) is 0 Å². The first-order valence-electron chi connectivity index (χ1n) is 6.19. The highest BCUT2D eigenvalue weighted by atomic mass is 79.9. The van der Waals surface area contributed by atoms with Gasteiger partial charge < -0.3 is 5.32 Å². The second kappa shape index (κ2) is 8.50. The van der Waals surface area contributed by atoms with Crippen molar-refractivity contribution in [3.8, 4) is 0 Å². The van der Waals surface area contributed by atoms with Crippen LogP contribution < -0.4 is 10.7 Å². The molecule has 0 saturated heterocycles. The second-order valence-electron chi connectivity index (χ2n) is 4.20. The minimum atomic E-state index is -0.290. The van der Waals surface area contributed by atoms with Crippen LogP contribution in [0.1, 0.15) is 16.8 Å². The normalized spacial score (nSPS) is 10.2. The maximum Gasteiger partial charge on any atom is 0.253 e.